The lowest BCUT2D eigenvalue weighted by molar-refractivity contribution is 0.0953. The number of ether oxygens (including phenoxy) is 1. The Bertz CT molecular complexity index is 1270. The second-order valence-corrected chi connectivity index (χ2v) is 8.59. The van der Waals surface area contributed by atoms with Crippen molar-refractivity contribution in [2.75, 3.05) is 6.61 Å². The lowest BCUT2D eigenvalue weighted by Crippen LogP contribution is -2.23. The molecule has 1 unspecified atom stereocenters. The van der Waals surface area contributed by atoms with Crippen LogP contribution in [0.4, 0.5) is 0 Å². The molecule has 2 aromatic carbocycles. The Labute approximate surface area is 187 Å². The van der Waals surface area contributed by atoms with E-state index in [9.17, 15) is 4.79 Å². The zero-order valence-electron chi connectivity index (χ0n) is 16.5. The number of hydrogen-bond donors (Lipinski definition) is 0. The van der Waals surface area contributed by atoms with E-state index >= 15 is 0 Å². The number of halogens is 1. The molecule has 0 aliphatic carbocycles. The van der Waals surface area contributed by atoms with Crippen molar-refractivity contribution < 1.29 is 4.74 Å². The third kappa shape index (κ3) is 4.21. The minimum absolute atomic E-state index is 0.115. The van der Waals surface area contributed by atoms with Crippen LogP contribution in [-0.4, -0.2) is 42.5 Å². The second kappa shape index (κ2) is 8.78. The molecule has 158 valence electrons. The Balaban J connectivity index is 1.45. The Morgan fingerprint density at radius 2 is 1.94 bits per heavy atom. The van der Waals surface area contributed by atoms with Gasteiger partial charge in [-0.3, -0.25) is 9.36 Å². The number of fused-ring (bicyclic) bond motifs is 1. The van der Waals surface area contributed by atoms with Gasteiger partial charge in [-0.05, 0) is 49.2 Å². The van der Waals surface area contributed by atoms with Crippen molar-refractivity contribution in [3.63, 3.8) is 0 Å². The maximum Gasteiger partial charge on any atom is 0.278 e. The molecule has 4 aromatic rings. The molecule has 0 bridgehead atoms. The van der Waals surface area contributed by atoms with E-state index in [0.29, 0.717) is 27.6 Å². The fraction of sp³-hybridized carbons (Fsp3) is 0.286. The molecule has 0 saturated carbocycles. The smallest absolute Gasteiger partial charge is 0.278 e. The SMILES string of the molecule is O=c1c2ccccc2nnn1CSc1nnc(-c2ccc(Cl)cc2)n1CC1CCCO1. The summed E-state index contributed by atoms with van der Waals surface area (Å²) >= 11 is 7.44. The number of benzene rings is 2. The third-order valence-corrected chi connectivity index (χ3v) is 6.36. The van der Waals surface area contributed by atoms with Crippen molar-refractivity contribution in [1.82, 2.24) is 29.8 Å². The summed E-state index contributed by atoms with van der Waals surface area (Å²) in [6, 6.07) is 14.7. The summed E-state index contributed by atoms with van der Waals surface area (Å²) in [7, 11) is 0. The molecular formula is C21H19ClN6O2S. The Kier molecular flexibility index (Phi) is 5.71. The Morgan fingerprint density at radius 1 is 1.10 bits per heavy atom. The van der Waals surface area contributed by atoms with Crippen molar-refractivity contribution in [3.8, 4) is 11.4 Å². The average molecular weight is 455 g/mol. The highest BCUT2D eigenvalue weighted by Crippen LogP contribution is 2.27. The van der Waals surface area contributed by atoms with Crippen molar-refractivity contribution in [2.45, 2.75) is 36.5 Å². The van der Waals surface area contributed by atoms with Gasteiger partial charge in [0.2, 0.25) is 0 Å². The van der Waals surface area contributed by atoms with Gasteiger partial charge < -0.3 is 4.74 Å². The highest BCUT2D eigenvalue weighted by atomic mass is 35.5. The van der Waals surface area contributed by atoms with E-state index in [1.165, 1.54) is 16.4 Å². The van der Waals surface area contributed by atoms with E-state index in [0.717, 1.165) is 30.8 Å². The summed E-state index contributed by atoms with van der Waals surface area (Å²) in [5, 5.41) is 18.9. The minimum atomic E-state index is -0.179. The normalized spacial score (nSPS) is 16.2. The molecule has 1 aliphatic rings. The molecule has 10 heteroatoms. The molecule has 1 aliphatic heterocycles. The Hall–Kier alpha value is -2.75. The monoisotopic (exact) mass is 454 g/mol. The summed E-state index contributed by atoms with van der Waals surface area (Å²) in [6.07, 6.45) is 2.16. The lowest BCUT2D eigenvalue weighted by Gasteiger charge is -2.15. The van der Waals surface area contributed by atoms with Crippen LogP contribution in [0.15, 0.2) is 58.5 Å². The first-order valence-corrected chi connectivity index (χ1v) is 11.3. The number of thioether (sulfide) groups is 1. The largest absolute Gasteiger partial charge is 0.376 e. The van der Waals surface area contributed by atoms with Crippen LogP contribution >= 0.6 is 23.4 Å². The Morgan fingerprint density at radius 3 is 2.74 bits per heavy atom. The zero-order valence-corrected chi connectivity index (χ0v) is 18.1. The molecule has 1 fully saturated rings. The molecule has 3 heterocycles. The molecule has 0 N–H and O–H groups in total. The van der Waals surface area contributed by atoms with E-state index < -0.39 is 0 Å². The van der Waals surface area contributed by atoms with Gasteiger partial charge in [-0.1, -0.05) is 40.7 Å². The van der Waals surface area contributed by atoms with Crippen LogP contribution in [0.25, 0.3) is 22.3 Å². The maximum absolute atomic E-state index is 12.7. The summed E-state index contributed by atoms with van der Waals surface area (Å²) in [6.45, 7) is 1.42. The summed E-state index contributed by atoms with van der Waals surface area (Å²) < 4.78 is 9.23. The zero-order chi connectivity index (χ0) is 21.2. The predicted molar refractivity (Wildman–Crippen MR) is 119 cm³/mol. The molecular weight excluding hydrogens is 436 g/mol. The maximum atomic E-state index is 12.7. The van der Waals surface area contributed by atoms with Crippen LogP contribution in [0.3, 0.4) is 0 Å². The highest BCUT2D eigenvalue weighted by Gasteiger charge is 2.22. The molecule has 0 amide bonds. The molecule has 1 saturated heterocycles. The average Bonchev–Trinajstić information content (AvgIpc) is 3.45. The van der Waals surface area contributed by atoms with Crippen molar-refractivity contribution >= 4 is 34.3 Å². The van der Waals surface area contributed by atoms with E-state index in [4.69, 9.17) is 16.3 Å². The summed E-state index contributed by atoms with van der Waals surface area (Å²) in [5.41, 5.74) is 1.32. The van der Waals surface area contributed by atoms with Crippen LogP contribution in [0.5, 0.6) is 0 Å². The van der Waals surface area contributed by atoms with Gasteiger partial charge in [0.05, 0.1) is 23.9 Å². The van der Waals surface area contributed by atoms with Gasteiger partial charge >= 0.3 is 0 Å². The fourth-order valence-electron chi connectivity index (χ4n) is 3.59. The van der Waals surface area contributed by atoms with Crippen molar-refractivity contribution in [2.24, 2.45) is 0 Å². The van der Waals surface area contributed by atoms with E-state index in [1.807, 2.05) is 41.0 Å². The van der Waals surface area contributed by atoms with Crippen molar-refractivity contribution in [3.05, 3.63) is 63.9 Å². The molecule has 2 aromatic heterocycles. The van der Waals surface area contributed by atoms with Crippen molar-refractivity contribution in [1.29, 1.82) is 0 Å². The summed E-state index contributed by atoms with van der Waals surface area (Å²) in [5.74, 6) is 1.02. The second-order valence-electron chi connectivity index (χ2n) is 7.24. The lowest BCUT2D eigenvalue weighted by atomic mass is 10.2. The first kappa shape index (κ1) is 20.2. The van der Waals surface area contributed by atoms with Gasteiger partial charge in [0.25, 0.3) is 5.56 Å². The van der Waals surface area contributed by atoms with Crippen LogP contribution < -0.4 is 5.56 Å². The molecule has 1 atom stereocenters. The molecule has 31 heavy (non-hydrogen) atoms. The number of aromatic nitrogens is 6. The molecule has 8 nitrogen and oxygen atoms in total. The van der Waals surface area contributed by atoms with E-state index in [-0.39, 0.29) is 17.5 Å². The topological polar surface area (TPSA) is 87.7 Å². The van der Waals surface area contributed by atoms with Gasteiger partial charge in [-0.25, -0.2) is 0 Å². The number of hydrogen-bond acceptors (Lipinski definition) is 7. The standard InChI is InChI=1S/C21H19ClN6O2S/c22-15-9-7-14(8-10-15)19-24-25-21(27(19)12-16-4-3-11-30-16)31-13-28-20(29)17-5-1-2-6-18(17)23-26-28/h1-2,5-10,16H,3-4,11-13H2. The fourth-order valence-corrected chi connectivity index (χ4v) is 4.54. The van der Waals surface area contributed by atoms with Crippen LogP contribution in [0, 0.1) is 0 Å². The van der Waals surface area contributed by atoms with E-state index in [2.05, 4.69) is 20.5 Å². The number of rotatable bonds is 6. The minimum Gasteiger partial charge on any atom is -0.376 e. The predicted octanol–water partition coefficient (Wildman–Crippen LogP) is 3.63. The molecule has 5 rings (SSSR count). The highest BCUT2D eigenvalue weighted by molar-refractivity contribution is 7.98. The first-order chi connectivity index (χ1) is 15.2. The van der Waals surface area contributed by atoms with Crippen LogP contribution in [0.2, 0.25) is 5.02 Å². The van der Waals surface area contributed by atoms with Gasteiger partial charge in [-0.15, -0.1) is 15.3 Å². The van der Waals surface area contributed by atoms with Gasteiger partial charge in [0.15, 0.2) is 11.0 Å². The number of nitrogens with zero attached hydrogens (tertiary/aromatic N) is 6. The van der Waals surface area contributed by atoms with Gasteiger partial charge in [-0.2, -0.15) is 4.68 Å². The van der Waals surface area contributed by atoms with Gasteiger partial charge in [0, 0.05) is 17.2 Å². The third-order valence-electron chi connectivity index (χ3n) is 5.17. The molecule has 0 radical (unpaired) electrons. The van der Waals surface area contributed by atoms with Gasteiger partial charge in [0.1, 0.15) is 5.52 Å². The van der Waals surface area contributed by atoms with Crippen LogP contribution in [0.1, 0.15) is 12.8 Å². The van der Waals surface area contributed by atoms with Crippen LogP contribution in [-0.2, 0) is 17.2 Å². The van der Waals surface area contributed by atoms with E-state index in [1.54, 1.807) is 12.1 Å². The summed E-state index contributed by atoms with van der Waals surface area (Å²) in [4.78, 5) is 12.7. The quantitative estimate of drug-likeness (QED) is 0.411. The molecule has 0 spiro atoms. The first-order valence-electron chi connectivity index (χ1n) is 9.95.